The van der Waals surface area contributed by atoms with Crippen LogP contribution in [0.15, 0.2) is 18.3 Å². The zero-order valence-electron chi connectivity index (χ0n) is 10.2. The van der Waals surface area contributed by atoms with Gasteiger partial charge in [-0.15, -0.1) is 0 Å². The topological polar surface area (TPSA) is 56.9 Å². The van der Waals surface area contributed by atoms with Crippen LogP contribution in [0, 0.1) is 5.92 Å². The smallest absolute Gasteiger partial charge is 0.220 e. The first-order chi connectivity index (χ1) is 8.34. The van der Waals surface area contributed by atoms with E-state index in [4.69, 9.17) is 0 Å². The van der Waals surface area contributed by atoms with Gasteiger partial charge < -0.3 is 15.6 Å². The van der Waals surface area contributed by atoms with Crippen molar-refractivity contribution < 1.29 is 4.79 Å². The molecule has 4 heteroatoms. The molecule has 1 amide bonds. The van der Waals surface area contributed by atoms with Crippen molar-refractivity contribution in [2.75, 3.05) is 19.6 Å². The SMILES string of the molecule is O=C(CC1CCNCC1)NCCc1ccc[nH]1. The highest BCUT2D eigenvalue weighted by atomic mass is 16.1. The lowest BCUT2D eigenvalue weighted by molar-refractivity contribution is -0.122. The molecule has 4 nitrogen and oxygen atoms in total. The number of amides is 1. The van der Waals surface area contributed by atoms with Gasteiger partial charge in [-0.05, 0) is 44.0 Å². The van der Waals surface area contributed by atoms with E-state index in [-0.39, 0.29) is 5.91 Å². The Morgan fingerprint density at radius 3 is 2.94 bits per heavy atom. The predicted molar refractivity (Wildman–Crippen MR) is 67.7 cm³/mol. The third kappa shape index (κ3) is 4.23. The highest BCUT2D eigenvalue weighted by molar-refractivity contribution is 5.76. The summed E-state index contributed by atoms with van der Waals surface area (Å²) in [6, 6.07) is 4.02. The van der Waals surface area contributed by atoms with Crippen molar-refractivity contribution in [3.63, 3.8) is 0 Å². The fourth-order valence-corrected chi connectivity index (χ4v) is 2.28. The van der Waals surface area contributed by atoms with E-state index in [9.17, 15) is 4.79 Å². The summed E-state index contributed by atoms with van der Waals surface area (Å²) < 4.78 is 0. The van der Waals surface area contributed by atoms with Crippen molar-refractivity contribution in [2.45, 2.75) is 25.7 Å². The summed E-state index contributed by atoms with van der Waals surface area (Å²) in [5, 5.41) is 6.30. The largest absolute Gasteiger partial charge is 0.365 e. The Kier molecular flexibility index (Phi) is 4.62. The molecule has 0 unspecified atom stereocenters. The lowest BCUT2D eigenvalue weighted by atomic mass is 9.94. The van der Waals surface area contributed by atoms with Gasteiger partial charge in [-0.1, -0.05) is 0 Å². The van der Waals surface area contributed by atoms with Crippen LogP contribution in [0.5, 0.6) is 0 Å². The Labute approximate surface area is 102 Å². The van der Waals surface area contributed by atoms with Crippen molar-refractivity contribution in [1.29, 1.82) is 0 Å². The van der Waals surface area contributed by atoms with E-state index in [1.807, 2.05) is 18.3 Å². The fourth-order valence-electron chi connectivity index (χ4n) is 2.28. The number of hydrogen-bond donors (Lipinski definition) is 3. The van der Waals surface area contributed by atoms with E-state index in [0.29, 0.717) is 12.3 Å². The Bertz CT molecular complexity index is 328. The molecule has 1 aromatic rings. The Hall–Kier alpha value is -1.29. The van der Waals surface area contributed by atoms with Gasteiger partial charge in [0.25, 0.3) is 0 Å². The molecular weight excluding hydrogens is 214 g/mol. The molecular formula is C13H21N3O. The number of nitrogens with one attached hydrogen (secondary N) is 3. The van der Waals surface area contributed by atoms with Crippen LogP contribution in [0.2, 0.25) is 0 Å². The maximum absolute atomic E-state index is 11.7. The molecule has 1 aliphatic heterocycles. The second kappa shape index (κ2) is 6.45. The van der Waals surface area contributed by atoms with E-state index in [1.54, 1.807) is 0 Å². The van der Waals surface area contributed by atoms with Crippen LogP contribution in [0.4, 0.5) is 0 Å². The molecule has 0 bridgehead atoms. The number of aromatic amines is 1. The minimum absolute atomic E-state index is 0.198. The summed E-state index contributed by atoms with van der Waals surface area (Å²) in [5.41, 5.74) is 1.17. The van der Waals surface area contributed by atoms with Crippen LogP contribution in [0.25, 0.3) is 0 Å². The molecule has 1 saturated heterocycles. The van der Waals surface area contributed by atoms with E-state index in [2.05, 4.69) is 15.6 Å². The van der Waals surface area contributed by atoms with E-state index in [1.165, 1.54) is 5.69 Å². The van der Waals surface area contributed by atoms with Crippen LogP contribution in [0.1, 0.15) is 25.0 Å². The molecule has 17 heavy (non-hydrogen) atoms. The van der Waals surface area contributed by atoms with Crippen LogP contribution in [-0.2, 0) is 11.2 Å². The van der Waals surface area contributed by atoms with Crippen LogP contribution in [-0.4, -0.2) is 30.5 Å². The third-order valence-electron chi connectivity index (χ3n) is 3.31. The zero-order chi connectivity index (χ0) is 11.9. The molecule has 0 spiro atoms. The zero-order valence-corrected chi connectivity index (χ0v) is 10.2. The summed E-state index contributed by atoms with van der Waals surface area (Å²) in [5.74, 6) is 0.769. The van der Waals surface area contributed by atoms with Gasteiger partial charge in [0.2, 0.25) is 5.91 Å². The number of piperidine rings is 1. The van der Waals surface area contributed by atoms with Crippen LogP contribution < -0.4 is 10.6 Å². The molecule has 0 atom stereocenters. The highest BCUT2D eigenvalue weighted by Crippen LogP contribution is 2.15. The van der Waals surface area contributed by atoms with Gasteiger partial charge in [0.05, 0.1) is 0 Å². The third-order valence-corrected chi connectivity index (χ3v) is 3.31. The standard InChI is InChI=1S/C13H21N3O/c17-13(10-11-3-7-14-8-4-11)16-9-5-12-2-1-6-15-12/h1-2,6,11,14-15H,3-5,7-10H2,(H,16,17). The molecule has 2 heterocycles. The molecule has 3 N–H and O–H groups in total. The molecule has 0 aromatic carbocycles. The van der Waals surface area contributed by atoms with E-state index in [0.717, 1.165) is 38.9 Å². The van der Waals surface area contributed by atoms with Gasteiger partial charge in [-0.3, -0.25) is 4.79 Å². The predicted octanol–water partition coefficient (Wildman–Crippen LogP) is 1.06. The number of aromatic nitrogens is 1. The number of carbonyl (C=O) groups excluding carboxylic acids is 1. The molecule has 0 saturated carbocycles. The maximum atomic E-state index is 11.7. The van der Waals surface area contributed by atoms with Crippen LogP contribution >= 0.6 is 0 Å². The minimum atomic E-state index is 0.198. The Morgan fingerprint density at radius 2 is 2.24 bits per heavy atom. The number of H-pyrrole nitrogens is 1. The first-order valence-electron chi connectivity index (χ1n) is 6.44. The Morgan fingerprint density at radius 1 is 1.41 bits per heavy atom. The molecule has 1 fully saturated rings. The van der Waals surface area contributed by atoms with E-state index >= 15 is 0 Å². The van der Waals surface area contributed by atoms with Crippen molar-refractivity contribution in [2.24, 2.45) is 5.92 Å². The maximum Gasteiger partial charge on any atom is 0.220 e. The molecule has 1 aromatic heterocycles. The van der Waals surface area contributed by atoms with Gasteiger partial charge in [0, 0.05) is 31.3 Å². The lowest BCUT2D eigenvalue weighted by Gasteiger charge is -2.21. The van der Waals surface area contributed by atoms with Crippen molar-refractivity contribution in [3.05, 3.63) is 24.0 Å². The molecule has 0 radical (unpaired) electrons. The normalized spacial score (nSPS) is 16.9. The number of hydrogen-bond acceptors (Lipinski definition) is 2. The van der Waals surface area contributed by atoms with Crippen molar-refractivity contribution >= 4 is 5.91 Å². The van der Waals surface area contributed by atoms with Gasteiger partial charge in [0.1, 0.15) is 0 Å². The van der Waals surface area contributed by atoms with Crippen LogP contribution in [0.3, 0.4) is 0 Å². The van der Waals surface area contributed by atoms with Gasteiger partial charge in [0.15, 0.2) is 0 Å². The first kappa shape index (κ1) is 12.2. The monoisotopic (exact) mass is 235 g/mol. The van der Waals surface area contributed by atoms with Gasteiger partial charge in [-0.25, -0.2) is 0 Å². The summed E-state index contributed by atoms with van der Waals surface area (Å²) in [6.07, 6.45) is 5.73. The van der Waals surface area contributed by atoms with Crippen molar-refractivity contribution in [1.82, 2.24) is 15.6 Å². The summed E-state index contributed by atoms with van der Waals surface area (Å²) in [4.78, 5) is 14.8. The summed E-state index contributed by atoms with van der Waals surface area (Å²) >= 11 is 0. The highest BCUT2D eigenvalue weighted by Gasteiger charge is 2.16. The average molecular weight is 235 g/mol. The Balaban J connectivity index is 1.60. The molecule has 1 aliphatic rings. The van der Waals surface area contributed by atoms with Gasteiger partial charge >= 0.3 is 0 Å². The quantitative estimate of drug-likeness (QED) is 0.715. The first-order valence-corrected chi connectivity index (χ1v) is 6.44. The second-order valence-corrected chi connectivity index (χ2v) is 4.69. The molecule has 2 rings (SSSR count). The van der Waals surface area contributed by atoms with Gasteiger partial charge in [-0.2, -0.15) is 0 Å². The second-order valence-electron chi connectivity index (χ2n) is 4.69. The number of carbonyl (C=O) groups is 1. The summed E-state index contributed by atoms with van der Waals surface area (Å²) in [6.45, 7) is 2.84. The fraction of sp³-hybridized carbons (Fsp3) is 0.615. The average Bonchev–Trinajstić information content (AvgIpc) is 2.83. The summed E-state index contributed by atoms with van der Waals surface area (Å²) in [7, 11) is 0. The van der Waals surface area contributed by atoms with E-state index < -0.39 is 0 Å². The number of rotatable bonds is 5. The molecule has 94 valence electrons. The van der Waals surface area contributed by atoms with Crippen molar-refractivity contribution in [3.8, 4) is 0 Å². The molecule has 0 aliphatic carbocycles. The lowest BCUT2D eigenvalue weighted by Crippen LogP contribution is -2.33. The minimum Gasteiger partial charge on any atom is -0.365 e.